The maximum atomic E-state index is 9.63. The highest BCUT2D eigenvalue weighted by Crippen LogP contribution is 2.30. The number of nitrogens with one attached hydrogen (secondary N) is 1. The maximum Gasteiger partial charge on any atom is 0.121 e. The van der Waals surface area contributed by atoms with Gasteiger partial charge < -0.3 is 20.1 Å². The number of anilines is 1. The number of halogens is 2. The lowest BCUT2D eigenvalue weighted by Crippen LogP contribution is -2.43. The molecule has 1 aliphatic rings. The van der Waals surface area contributed by atoms with Crippen LogP contribution >= 0.6 is 23.2 Å². The van der Waals surface area contributed by atoms with Gasteiger partial charge in [-0.1, -0.05) is 41.4 Å². The van der Waals surface area contributed by atoms with Gasteiger partial charge in [-0.2, -0.15) is 0 Å². The molecule has 3 rings (SSSR count). The summed E-state index contributed by atoms with van der Waals surface area (Å²) >= 11 is 11.8. The smallest absolute Gasteiger partial charge is 0.121 e. The molecule has 0 bridgehead atoms. The van der Waals surface area contributed by atoms with Crippen LogP contribution in [0.3, 0.4) is 0 Å². The minimum absolute atomic E-state index is 0.246. The van der Waals surface area contributed by atoms with Gasteiger partial charge in [-0.3, -0.25) is 0 Å². The van der Waals surface area contributed by atoms with E-state index in [4.69, 9.17) is 27.9 Å². The third kappa shape index (κ3) is 7.42. The van der Waals surface area contributed by atoms with Gasteiger partial charge in [0.05, 0.1) is 16.3 Å². The van der Waals surface area contributed by atoms with Crippen LogP contribution in [0.25, 0.3) is 0 Å². The summed E-state index contributed by atoms with van der Waals surface area (Å²) in [6.45, 7) is 7.55. The molecule has 26 heavy (non-hydrogen) atoms. The van der Waals surface area contributed by atoms with Crippen molar-refractivity contribution in [3.05, 3.63) is 58.6 Å². The van der Waals surface area contributed by atoms with E-state index < -0.39 is 5.60 Å². The number of nitrogens with zero attached hydrogens (tertiary/aromatic N) is 1. The Balaban J connectivity index is 0.000000290. The second-order valence-corrected chi connectivity index (χ2v) is 7.59. The molecule has 1 aliphatic heterocycles. The lowest BCUT2D eigenvalue weighted by Gasteiger charge is -2.30. The lowest BCUT2D eigenvalue weighted by atomic mass is 10.2. The van der Waals surface area contributed by atoms with Crippen molar-refractivity contribution >= 4 is 28.9 Å². The first-order chi connectivity index (χ1) is 12.3. The van der Waals surface area contributed by atoms with Gasteiger partial charge in [0.25, 0.3) is 0 Å². The molecule has 0 unspecified atom stereocenters. The van der Waals surface area contributed by atoms with Crippen molar-refractivity contribution in [3.8, 4) is 5.75 Å². The second kappa shape index (κ2) is 10.0. The Bertz CT molecular complexity index is 669. The van der Waals surface area contributed by atoms with Crippen molar-refractivity contribution in [1.82, 2.24) is 5.32 Å². The third-order valence-electron chi connectivity index (χ3n) is 3.70. The summed E-state index contributed by atoms with van der Waals surface area (Å²) in [4.78, 5) is 2.26. The number of rotatable bonds is 4. The van der Waals surface area contributed by atoms with Gasteiger partial charge in [0.2, 0.25) is 0 Å². The SMILES string of the molecule is CC(C)(O)COc1ccc(N2CCNCC2)c(Cl)c1.Clc1ccccc1. The van der Waals surface area contributed by atoms with Gasteiger partial charge in [0.15, 0.2) is 0 Å². The minimum Gasteiger partial charge on any atom is -0.491 e. The van der Waals surface area contributed by atoms with E-state index in [0.29, 0.717) is 10.8 Å². The summed E-state index contributed by atoms with van der Waals surface area (Å²) in [7, 11) is 0. The molecule has 0 amide bonds. The number of ether oxygens (including phenoxy) is 1. The molecule has 1 fully saturated rings. The highest BCUT2D eigenvalue weighted by molar-refractivity contribution is 6.33. The normalized spacial score (nSPS) is 14.4. The van der Waals surface area contributed by atoms with Crippen LogP contribution in [0.15, 0.2) is 48.5 Å². The van der Waals surface area contributed by atoms with E-state index in [-0.39, 0.29) is 6.61 Å². The molecule has 0 saturated carbocycles. The van der Waals surface area contributed by atoms with E-state index in [1.807, 2.05) is 48.5 Å². The zero-order chi connectivity index (χ0) is 19.0. The fourth-order valence-electron chi connectivity index (χ4n) is 2.41. The van der Waals surface area contributed by atoms with E-state index in [1.54, 1.807) is 13.8 Å². The van der Waals surface area contributed by atoms with Crippen molar-refractivity contribution < 1.29 is 9.84 Å². The van der Waals surface area contributed by atoms with E-state index in [9.17, 15) is 5.11 Å². The quantitative estimate of drug-likeness (QED) is 0.810. The van der Waals surface area contributed by atoms with Crippen LogP contribution in [0.2, 0.25) is 10.0 Å². The van der Waals surface area contributed by atoms with Crippen LogP contribution in [0.1, 0.15) is 13.8 Å². The fourth-order valence-corrected chi connectivity index (χ4v) is 2.85. The van der Waals surface area contributed by atoms with E-state index in [0.717, 1.165) is 36.9 Å². The van der Waals surface area contributed by atoms with Crippen LogP contribution < -0.4 is 15.0 Å². The Labute approximate surface area is 165 Å². The van der Waals surface area contributed by atoms with Crippen molar-refractivity contribution in [1.29, 1.82) is 0 Å². The molecule has 2 N–H and O–H groups in total. The Hall–Kier alpha value is -1.46. The van der Waals surface area contributed by atoms with Gasteiger partial charge in [-0.05, 0) is 38.1 Å². The minimum atomic E-state index is -0.844. The molecule has 0 spiro atoms. The molecule has 0 atom stereocenters. The van der Waals surface area contributed by atoms with Gasteiger partial charge in [-0.15, -0.1) is 0 Å². The van der Waals surface area contributed by atoms with Crippen molar-refractivity contribution in [2.24, 2.45) is 0 Å². The molecule has 0 radical (unpaired) electrons. The summed E-state index contributed by atoms with van der Waals surface area (Å²) in [5, 5.41) is 14.4. The van der Waals surface area contributed by atoms with Crippen LogP contribution in [-0.4, -0.2) is 43.5 Å². The van der Waals surface area contributed by atoms with Crippen molar-refractivity contribution in [2.75, 3.05) is 37.7 Å². The predicted octanol–water partition coefficient (Wildman–Crippen LogP) is 4.24. The molecular formula is C20H26Cl2N2O2. The molecule has 2 aromatic carbocycles. The molecule has 4 nitrogen and oxygen atoms in total. The van der Waals surface area contributed by atoms with E-state index in [1.165, 1.54) is 0 Å². The van der Waals surface area contributed by atoms with E-state index in [2.05, 4.69) is 10.2 Å². The fraction of sp³-hybridized carbons (Fsp3) is 0.400. The summed E-state index contributed by atoms with van der Waals surface area (Å²) < 4.78 is 5.53. The lowest BCUT2D eigenvalue weighted by molar-refractivity contribution is 0.0285. The van der Waals surface area contributed by atoms with Gasteiger partial charge in [0.1, 0.15) is 12.4 Å². The molecule has 2 aromatic rings. The molecular weight excluding hydrogens is 371 g/mol. The van der Waals surface area contributed by atoms with Crippen LogP contribution in [0, 0.1) is 0 Å². The third-order valence-corrected chi connectivity index (χ3v) is 4.26. The Morgan fingerprint density at radius 2 is 1.73 bits per heavy atom. The summed E-state index contributed by atoms with van der Waals surface area (Å²) in [5.74, 6) is 0.686. The Morgan fingerprint density at radius 1 is 1.08 bits per heavy atom. The van der Waals surface area contributed by atoms with Crippen LogP contribution in [-0.2, 0) is 0 Å². The highest BCUT2D eigenvalue weighted by atomic mass is 35.5. The average Bonchev–Trinajstić information content (AvgIpc) is 2.61. The largest absolute Gasteiger partial charge is 0.491 e. The topological polar surface area (TPSA) is 44.7 Å². The van der Waals surface area contributed by atoms with E-state index >= 15 is 0 Å². The molecule has 0 aromatic heterocycles. The second-order valence-electron chi connectivity index (χ2n) is 6.75. The number of hydrogen-bond donors (Lipinski definition) is 2. The zero-order valence-electron chi connectivity index (χ0n) is 15.2. The first-order valence-corrected chi connectivity index (χ1v) is 9.42. The van der Waals surface area contributed by atoms with Crippen molar-refractivity contribution in [3.63, 3.8) is 0 Å². The summed E-state index contributed by atoms with van der Waals surface area (Å²) in [5.41, 5.74) is 0.197. The van der Waals surface area contributed by atoms with Gasteiger partial charge in [-0.25, -0.2) is 0 Å². The number of piperazine rings is 1. The summed E-state index contributed by atoms with van der Waals surface area (Å²) in [6.07, 6.45) is 0. The first kappa shape index (κ1) is 20.8. The monoisotopic (exact) mass is 396 g/mol. The highest BCUT2D eigenvalue weighted by Gasteiger charge is 2.16. The summed E-state index contributed by atoms with van der Waals surface area (Å²) in [6, 6.07) is 15.1. The zero-order valence-corrected chi connectivity index (χ0v) is 16.7. The number of benzene rings is 2. The molecule has 142 valence electrons. The molecule has 6 heteroatoms. The molecule has 1 heterocycles. The number of hydrogen-bond acceptors (Lipinski definition) is 4. The molecule has 0 aliphatic carbocycles. The van der Waals surface area contributed by atoms with Gasteiger partial charge in [0, 0.05) is 37.3 Å². The average molecular weight is 397 g/mol. The number of aliphatic hydroxyl groups is 1. The Kier molecular flexibility index (Phi) is 8.04. The first-order valence-electron chi connectivity index (χ1n) is 8.66. The van der Waals surface area contributed by atoms with Crippen LogP contribution in [0.4, 0.5) is 5.69 Å². The predicted molar refractivity (Wildman–Crippen MR) is 110 cm³/mol. The van der Waals surface area contributed by atoms with Crippen LogP contribution in [0.5, 0.6) is 5.75 Å². The standard InChI is InChI=1S/C14H21ClN2O2.C6H5Cl/c1-14(2,18)10-19-11-3-4-13(12(15)9-11)17-7-5-16-6-8-17;7-6-4-2-1-3-5-6/h3-4,9,16,18H,5-8,10H2,1-2H3;1-5H. The van der Waals surface area contributed by atoms with Crippen molar-refractivity contribution in [2.45, 2.75) is 19.4 Å². The molecule has 1 saturated heterocycles. The Morgan fingerprint density at radius 3 is 2.23 bits per heavy atom. The van der Waals surface area contributed by atoms with Gasteiger partial charge >= 0.3 is 0 Å². The maximum absolute atomic E-state index is 9.63.